The van der Waals surface area contributed by atoms with Gasteiger partial charge in [-0.15, -0.1) is 0 Å². The zero-order valence-corrected chi connectivity index (χ0v) is 17.7. The zero-order valence-electron chi connectivity index (χ0n) is 17.7. The number of hydrogen-bond donors (Lipinski definition) is 1. The fourth-order valence-electron chi connectivity index (χ4n) is 3.54. The molecule has 1 amide bonds. The fourth-order valence-corrected chi connectivity index (χ4v) is 3.54. The van der Waals surface area contributed by atoms with E-state index in [9.17, 15) is 4.79 Å². The van der Waals surface area contributed by atoms with Gasteiger partial charge in [-0.05, 0) is 50.6 Å². The lowest BCUT2D eigenvalue weighted by Crippen LogP contribution is -2.45. The fraction of sp³-hybridized carbons (Fsp3) is 0.435. The first-order chi connectivity index (χ1) is 13.9. The molecule has 0 aliphatic carbocycles. The van der Waals surface area contributed by atoms with E-state index >= 15 is 0 Å². The minimum Gasteiger partial charge on any atom is -0.497 e. The molecule has 1 heterocycles. The van der Waals surface area contributed by atoms with Crippen LogP contribution in [0.5, 0.6) is 23.0 Å². The normalized spacial score (nSPS) is 18.0. The van der Waals surface area contributed by atoms with Gasteiger partial charge in [-0.25, -0.2) is 0 Å². The van der Waals surface area contributed by atoms with E-state index in [1.54, 1.807) is 20.3 Å². The van der Waals surface area contributed by atoms with Gasteiger partial charge in [-0.2, -0.15) is 0 Å². The Morgan fingerprint density at radius 1 is 1.17 bits per heavy atom. The lowest BCUT2D eigenvalue weighted by Gasteiger charge is -2.38. The summed E-state index contributed by atoms with van der Waals surface area (Å²) in [5.74, 6) is 2.46. The summed E-state index contributed by atoms with van der Waals surface area (Å²) in [5, 5.41) is 3.15. The van der Waals surface area contributed by atoms with Crippen LogP contribution in [0, 0.1) is 0 Å². The van der Waals surface area contributed by atoms with Crippen LogP contribution >= 0.6 is 0 Å². The number of carbonyl (C=O) groups excluding carboxylic acids is 1. The topological polar surface area (TPSA) is 66.0 Å². The molecule has 156 valence electrons. The number of benzene rings is 2. The maximum atomic E-state index is 13.1. The third-order valence-electron chi connectivity index (χ3n) is 4.99. The number of nitrogens with one attached hydrogen (secondary N) is 1. The Labute approximate surface area is 172 Å². The van der Waals surface area contributed by atoms with Crippen molar-refractivity contribution < 1.29 is 23.7 Å². The van der Waals surface area contributed by atoms with Crippen molar-refractivity contribution in [1.82, 2.24) is 5.32 Å². The van der Waals surface area contributed by atoms with Gasteiger partial charge in [0.25, 0.3) is 5.91 Å². The van der Waals surface area contributed by atoms with E-state index < -0.39 is 11.7 Å². The molecule has 0 aromatic heterocycles. The van der Waals surface area contributed by atoms with E-state index in [0.29, 0.717) is 24.3 Å². The molecule has 6 heteroatoms. The molecule has 0 bridgehead atoms. The molecule has 0 saturated carbocycles. The maximum Gasteiger partial charge on any atom is 0.261 e. The summed E-state index contributed by atoms with van der Waals surface area (Å²) in [6, 6.07) is 12.8. The predicted molar refractivity (Wildman–Crippen MR) is 111 cm³/mol. The van der Waals surface area contributed by atoms with Crippen molar-refractivity contribution in [2.24, 2.45) is 0 Å². The van der Waals surface area contributed by atoms with E-state index in [1.165, 1.54) is 0 Å². The number of para-hydroxylation sites is 2. The number of amides is 1. The van der Waals surface area contributed by atoms with Gasteiger partial charge in [0.05, 0.1) is 20.3 Å². The molecule has 2 atom stereocenters. The number of ether oxygens (including phenoxy) is 4. The molecule has 2 aromatic carbocycles. The first kappa shape index (κ1) is 20.8. The van der Waals surface area contributed by atoms with Crippen molar-refractivity contribution in [1.29, 1.82) is 0 Å². The Bertz CT molecular complexity index is 864. The first-order valence-electron chi connectivity index (χ1n) is 9.84. The van der Waals surface area contributed by atoms with Gasteiger partial charge >= 0.3 is 0 Å². The molecule has 2 unspecified atom stereocenters. The third-order valence-corrected chi connectivity index (χ3v) is 4.99. The largest absolute Gasteiger partial charge is 0.497 e. The summed E-state index contributed by atoms with van der Waals surface area (Å²) in [6.45, 7) is 5.95. The van der Waals surface area contributed by atoms with Crippen LogP contribution in [0.2, 0.25) is 0 Å². The molecular formula is C23H29NO5. The molecule has 2 aromatic rings. The van der Waals surface area contributed by atoms with E-state index in [2.05, 4.69) is 5.32 Å². The van der Waals surface area contributed by atoms with E-state index in [0.717, 1.165) is 17.1 Å². The van der Waals surface area contributed by atoms with Crippen molar-refractivity contribution in [3.63, 3.8) is 0 Å². The molecular weight excluding hydrogens is 370 g/mol. The highest BCUT2D eigenvalue weighted by atomic mass is 16.5. The minimum atomic E-state index is -0.633. The maximum absolute atomic E-state index is 13.1. The summed E-state index contributed by atoms with van der Waals surface area (Å²) in [6.07, 6.45) is 0.539. The van der Waals surface area contributed by atoms with Gasteiger partial charge in [0.2, 0.25) is 0 Å². The number of methoxy groups -OCH3 is 2. The third kappa shape index (κ3) is 4.75. The summed E-state index contributed by atoms with van der Waals surface area (Å²) in [7, 11) is 3.20. The molecule has 0 saturated heterocycles. The van der Waals surface area contributed by atoms with Crippen LogP contribution < -0.4 is 24.3 Å². The SMILES string of the molecule is CCC(Oc1ccccc1OC)C(=O)NC1CC(C)(C)Oc2ccc(OC)cc21. The van der Waals surface area contributed by atoms with Crippen LogP contribution in [0.4, 0.5) is 0 Å². The standard InChI is InChI=1S/C23H29NO5/c1-6-18(28-21-10-8-7-9-20(21)27-5)22(25)24-17-14-23(2,3)29-19-12-11-15(26-4)13-16(17)19/h7-13,17-18H,6,14H2,1-5H3,(H,24,25). The van der Waals surface area contributed by atoms with Gasteiger partial charge in [-0.3, -0.25) is 4.79 Å². The molecule has 0 spiro atoms. The molecule has 0 radical (unpaired) electrons. The predicted octanol–water partition coefficient (Wildman–Crippen LogP) is 4.28. The molecule has 3 rings (SSSR count). The summed E-state index contributed by atoms with van der Waals surface area (Å²) < 4.78 is 22.8. The second kappa shape index (κ2) is 8.64. The number of hydrogen-bond acceptors (Lipinski definition) is 5. The van der Waals surface area contributed by atoms with Gasteiger partial charge in [-0.1, -0.05) is 19.1 Å². The van der Waals surface area contributed by atoms with Crippen LogP contribution in [0.1, 0.15) is 45.2 Å². The monoisotopic (exact) mass is 399 g/mol. The van der Waals surface area contributed by atoms with Gasteiger partial charge < -0.3 is 24.3 Å². The Hall–Kier alpha value is -2.89. The van der Waals surface area contributed by atoms with Crippen molar-refractivity contribution in [2.75, 3.05) is 14.2 Å². The molecule has 29 heavy (non-hydrogen) atoms. The summed E-state index contributed by atoms with van der Waals surface area (Å²) in [4.78, 5) is 13.1. The van der Waals surface area contributed by atoms with Crippen molar-refractivity contribution in [3.05, 3.63) is 48.0 Å². The zero-order chi connectivity index (χ0) is 21.0. The average molecular weight is 399 g/mol. The van der Waals surface area contributed by atoms with Crippen LogP contribution in [0.3, 0.4) is 0 Å². The number of fused-ring (bicyclic) bond motifs is 1. The number of carbonyl (C=O) groups is 1. The highest BCUT2D eigenvalue weighted by molar-refractivity contribution is 5.81. The van der Waals surface area contributed by atoms with Gasteiger partial charge in [0.15, 0.2) is 17.6 Å². The van der Waals surface area contributed by atoms with Crippen LogP contribution in [-0.4, -0.2) is 31.8 Å². The Morgan fingerprint density at radius 3 is 2.55 bits per heavy atom. The lowest BCUT2D eigenvalue weighted by molar-refractivity contribution is -0.129. The molecule has 1 aliphatic heterocycles. The van der Waals surface area contributed by atoms with Crippen molar-refractivity contribution >= 4 is 5.91 Å². The van der Waals surface area contributed by atoms with Crippen molar-refractivity contribution in [3.8, 4) is 23.0 Å². The van der Waals surface area contributed by atoms with Gasteiger partial charge in [0.1, 0.15) is 17.1 Å². The summed E-state index contributed by atoms with van der Waals surface area (Å²) in [5.41, 5.74) is 0.509. The van der Waals surface area contributed by atoms with Crippen LogP contribution in [0.15, 0.2) is 42.5 Å². The van der Waals surface area contributed by atoms with E-state index in [1.807, 2.05) is 57.2 Å². The Balaban J connectivity index is 1.81. The molecule has 1 aliphatic rings. The Morgan fingerprint density at radius 2 is 1.90 bits per heavy atom. The first-order valence-corrected chi connectivity index (χ1v) is 9.84. The summed E-state index contributed by atoms with van der Waals surface area (Å²) >= 11 is 0. The van der Waals surface area contributed by atoms with Crippen LogP contribution in [-0.2, 0) is 4.79 Å². The molecule has 6 nitrogen and oxygen atoms in total. The second-order valence-electron chi connectivity index (χ2n) is 7.70. The molecule has 0 fully saturated rings. The molecule has 1 N–H and O–H groups in total. The quantitative estimate of drug-likeness (QED) is 0.753. The van der Waals surface area contributed by atoms with E-state index in [4.69, 9.17) is 18.9 Å². The highest BCUT2D eigenvalue weighted by Crippen LogP contribution is 2.41. The van der Waals surface area contributed by atoms with Gasteiger partial charge in [0, 0.05) is 12.0 Å². The highest BCUT2D eigenvalue weighted by Gasteiger charge is 2.36. The smallest absolute Gasteiger partial charge is 0.261 e. The van der Waals surface area contributed by atoms with E-state index in [-0.39, 0.29) is 11.9 Å². The Kier molecular flexibility index (Phi) is 6.20. The minimum absolute atomic E-state index is 0.171. The van der Waals surface area contributed by atoms with Crippen LogP contribution in [0.25, 0.3) is 0 Å². The average Bonchev–Trinajstić information content (AvgIpc) is 2.71. The second-order valence-corrected chi connectivity index (χ2v) is 7.70. The number of rotatable bonds is 7. The van der Waals surface area contributed by atoms with Crippen molar-refractivity contribution in [2.45, 2.75) is 51.4 Å². The lowest BCUT2D eigenvalue weighted by atomic mass is 9.89.